The number of aromatic nitrogens is 1. The molecule has 5 heteroatoms. The first-order valence-electron chi connectivity index (χ1n) is 7.09. The first kappa shape index (κ1) is 15.3. The second-order valence-electron chi connectivity index (χ2n) is 6.94. The Bertz CT molecular complexity index is 482. The molecule has 0 N–H and O–H groups in total. The molecule has 0 amide bonds. The number of nitrogens with zero attached hydrogens (tertiary/aromatic N) is 1. The Morgan fingerprint density at radius 3 is 2.75 bits per heavy atom. The Morgan fingerprint density at radius 1 is 1.40 bits per heavy atom. The summed E-state index contributed by atoms with van der Waals surface area (Å²) in [5, 5.41) is 0.204. The van der Waals surface area contributed by atoms with Crippen molar-refractivity contribution in [1.29, 1.82) is 0 Å². The predicted molar refractivity (Wildman–Crippen MR) is 82.0 cm³/mol. The molecule has 0 aliphatic carbocycles. The zero-order valence-electron chi connectivity index (χ0n) is 13.3. The SMILES string of the molecule is Cc1cnc2c(c1)OCC(CO[Si](C)(C)C(C)(C)C)O2. The third-order valence-corrected chi connectivity index (χ3v) is 8.59. The Kier molecular flexibility index (Phi) is 4.11. The first-order chi connectivity index (χ1) is 9.19. The molecule has 0 spiro atoms. The van der Waals surface area contributed by atoms with Gasteiger partial charge in [-0.25, -0.2) is 4.98 Å². The van der Waals surface area contributed by atoms with Crippen LogP contribution >= 0.6 is 0 Å². The topological polar surface area (TPSA) is 40.6 Å². The van der Waals surface area contributed by atoms with Gasteiger partial charge in [0.2, 0.25) is 0 Å². The molecule has 0 radical (unpaired) electrons. The third-order valence-electron chi connectivity index (χ3n) is 4.09. The van der Waals surface area contributed by atoms with Gasteiger partial charge in [-0.3, -0.25) is 0 Å². The summed E-state index contributed by atoms with van der Waals surface area (Å²) >= 11 is 0. The highest BCUT2D eigenvalue weighted by Gasteiger charge is 2.38. The van der Waals surface area contributed by atoms with Gasteiger partial charge < -0.3 is 13.9 Å². The van der Waals surface area contributed by atoms with Gasteiger partial charge in [-0.15, -0.1) is 0 Å². The predicted octanol–water partition coefficient (Wildman–Crippen LogP) is 3.55. The molecule has 4 nitrogen and oxygen atoms in total. The van der Waals surface area contributed by atoms with Crippen molar-refractivity contribution < 1.29 is 13.9 Å². The monoisotopic (exact) mass is 295 g/mol. The minimum Gasteiger partial charge on any atom is -0.484 e. The average molecular weight is 295 g/mol. The fourth-order valence-electron chi connectivity index (χ4n) is 1.70. The molecule has 2 heterocycles. The van der Waals surface area contributed by atoms with Crippen LogP contribution in [0.25, 0.3) is 0 Å². The highest BCUT2D eigenvalue weighted by atomic mass is 28.4. The fourth-order valence-corrected chi connectivity index (χ4v) is 2.73. The fraction of sp³-hybridized carbons (Fsp3) is 0.667. The van der Waals surface area contributed by atoms with Crippen LogP contribution in [0.2, 0.25) is 18.1 Å². The second kappa shape index (κ2) is 5.37. The van der Waals surface area contributed by atoms with Crippen LogP contribution in [0.1, 0.15) is 26.3 Å². The molecule has 0 aromatic carbocycles. The number of hydrogen-bond donors (Lipinski definition) is 0. The van der Waals surface area contributed by atoms with Gasteiger partial charge in [0.1, 0.15) is 6.61 Å². The zero-order chi connectivity index (χ0) is 15.0. The maximum atomic E-state index is 6.18. The van der Waals surface area contributed by atoms with E-state index in [1.807, 2.05) is 13.0 Å². The molecule has 20 heavy (non-hydrogen) atoms. The van der Waals surface area contributed by atoms with Gasteiger partial charge >= 0.3 is 0 Å². The molecular weight excluding hydrogens is 270 g/mol. The highest BCUT2D eigenvalue weighted by Crippen LogP contribution is 2.37. The van der Waals surface area contributed by atoms with Crippen molar-refractivity contribution in [2.45, 2.75) is 51.9 Å². The highest BCUT2D eigenvalue weighted by molar-refractivity contribution is 6.74. The molecular formula is C15H25NO3Si. The van der Waals surface area contributed by atoms with Gasteiger partial charge in [-0.2, -0.15) is 0 Å². The molecule has 0 fully saturated rings. The molecule has 0 bridgehead atoms. The molecule has 1 aromatic heterocycles. The Labute approximate surface area is 122 Å². The van der Waals surface area contributed by atoms with E-state index >= 15 is 0 Å². The lowest BCUT2D eigenvalue weighted by Gasteiger charge is -2.37. The largest absolute Gasteiger partial charge is 0.484 e. The standard InChI is InChI=1S/C15H25NO3Si/c1-11-7-13-14(16-8-11)19-12(9-17-13)10-18-20(5,6)15(2,3)4/h7-8,12H,9-10H2,1-6H3. The number of fused-ring (bicyclic) bond motifs is 1. The Balaban J connectivity index is 1.96. The molecule has 0 saturated heterocycles. The van der Waals surface area contributed by atoms with Crippen molar-refractivity contribution in [1.82, 2.24) is 4.98 Å². The van der Waals surface area contributed by atoms with E-state index in [4.69, 9.17) is 13.9 Å². The van der Waals surface area contributed by atoms with Gasteiger partial charge in [0.25, 0.3) is 5.88 Å². The van der Waals surface area contributed by atoms with E-state index in [9.17, 15) is 0 Å². The Hall–Kier alpha value is -1.07. The van der Waals surface area contributed by atoms with E-state index in [0.29, 0.717) is 19.1 Å². The lowest BCUT2D eigenvalue weighted by atomic mass is 10.2. The quantitative estimate of drug-likeness (QED) is 0.800. The minimum atomic E-state index is -1.75. The summed E-state index contributed by atoms with van der Waals surface area (Å²) in [5.74, 6) is 1.30. The summed E-state index contributed by atoms with van der Waals surface area (Å²) in [7, 11) is -1.75. The van der Waals surface area contributed by atoms with Crippen molar-refractivity contribution in [3.63, 3.8) is 0 Å². The molecule has 1 aliphatic heterocycles. The number of rotatable bonds is 3. The van der Waals surface area contributed by atoms with Crippen LogP contribution in [-0.4, -0.2) is 32.6 Å². The van der Waals surface area contributed by atoms with Crippen LogP contribution in [0.3, 0.4) is 0 Å². The minimum absolute atomic E-state index is 0.0770. The maximum absolute atomic E-state index is 6.18. The van der Waals surface area contributed by atoms with Crippen LogP contribution in [0, 0.1) is 6.92 Å². The molecule has 1 atom stereocenters. The molecule has 0 saturated carbocycles. The van der Waals surface area contributed by atoms with E-state index in [1.54, 1.807) is 6.20 Å². The van der Waals surface area contributed by atoms with Gasteiger partial charge in [0, 0.05) is 6.20 Å². The van der Waals surface area contributed by atoms with Crippen molar-refractivity contribution in [3.8, 4) is 11.6 Å². The van der Waals surface area contributed by atoms with Crippen molar-refractivity contribution >= 4 is 8.32 Å². The van der Waals surface area contributed by atoms with Gasteiger partial charge in [-0.1, -0.05) is 20.8 Å². The molecule has 112 valence electrons. The number of ether oxygens (including phenoxy) is 2. The average Bonchev–Trinajstić information content (AvgIpc) is 2.35. The van der Waals surface area contributed by atoms with Crippen LogP contribution < -0.4 is 9.47 Å². The summed E-state index contributed by atoms with van der Waals surface area (Å²) in [6, 6.07) is 1.95. The summed E-state index contributed by atoms with van der Waals surface area (Å²) in [5.41, 5.74) is 1.07. The summed E-state index contributed by atoms with van der Waals surface area (Å²) < 4.78 is 17.8. The van der Waals surface area contributed by atoms with E-state index in [-0.39, 0.29) is 11.1 Å². The van der Waals surface area contributed by atoms with E-state index < -0.39 is 8.32 Å². The van der Waals surface area contributed by atoms with Crippen molar-refractivity contribution in [3.05, 3.63) is 17.8 Å². The number of hydrogen-bond acceptors (Lipinski definition) is 4. The van der Waals surface area contributed by atoms with Crippen molar-refractivity contribution in [2.75, 3.05) is 13.2 Å². The molecule has 1 unspecified atom stereocenters. The van der Waals surface area contributed by atoms with E-state index in [2.05, 4.69) is 38.8 Å². The van der Waals surface area contributed by atoms with Crippen LogP contribution in [-0.2, 0) is 4.43 Å². The smallest absolute Gasteiger partial charge is 0.257 e. The molecule has 1 aromatic rings. The lowest BCUT2D eigenvalue weighted by molar-refractivity contribution is 0.0445. The number of pyridine rings is 1. The second-order valence-corrected chi connectivity index (χ2v) is 11.7. The van der Waals surface area contributed by atoms with Crippen molar-refractivity contribution in [2.24, 2.45) is 0 Å². The van der Waals surface area contributed by atoms with Gasteiger partial charge in [0.05, 0.1) is 6.61 Å². The third kappa shape index (κ3) is 3.33. The molecule has 1 aliphatic rings. The number of aryl methyl sites for hydroxylation is 1. The van der Waals surface area contributed by atoms with E-state index in [0.717, 1.165) is 11.3 Å². The van der Waals surface area contributed by atoms with Crippen LogP contribution in [0.5, 0.6) is 11.6 Å². The summed E-state index contributed by atoms with van der Waals surface area (Å²) in [4.78, 5) is 4.27. The maximum Gasteiger partial charge on any atom is 0.257 e. The lowest BCUT2D eigenvalue weighted by Crippen LogP contribution is -2.45. The van der Waals surface area contributed by atoms with Gasteiger partial charge in [0.15, 0.2) is 20.2 Å². The summed E-state index contributed by atoms with van der Waals surface area (Å²) in [6.07, 6.45) is 1.71. The van der Waals surface area contributed by atoms with Crippen LogP contribution in [0.4, 0.5) is 0 Å². The molecule has 2 rings (SSSR count). The van der Waals surface area contributed by atoms with E-state index in [1.165, 1.54) is 0 Å². The normalized spacial score (nSPS) is 19.0. The van der Waals surface area contributed by atoms with Gasteiger partial charge in [-0.05, 0) is 36.7 Å². The zero-order valence-corrected chi connectivity index (χ0v) is 14.3. The van der Waals surface area contributed by atoms with Crippen LogP contribution in [0.15, 0.2) is 12.3 Å². The summed E-state index contributed by atoms with van der Waals surface area (Å²) in [6.45, 7) is 14.3. The Morgan fingerprint density at radius 2 is 2.10 bits per heavy atom. The first-order valence-corrected chi connectivity index (χ1v) is 10.00.